The van der Waals surface area contributed by atoms with E-state index in [1.807, 2.05) is 19.9 Å². The normalized spacial score (nSPS) is 10.7. The van der Waals surface area contributed by atoms with E-state index < -0.39 is 5.91 Å². The number of hydrazone groups is 1. The number of nitrogens with zero attached hydrogens (tertiary/aromatic N) is 1. The number of hydrogen-bond donors (Lipinski definition) is 2. The Kier molecular flexibility index (Phi) is 10.4. The molecule has 3 aromatic carbocycles. The van der Waals surface area contributed by atoms with Gasteiger partial charge < -0.3 is 24.3 Å². The van der Waals surface area contributed by atoms with E-state index >= 15 is 0 Å². The van der Waals surface area contributed by atoms with Crippen LogP contribution in [-0.4, -0.2) is 45.5 Å². The second kappa shape index (κ2) is 13.7. The van der Waals surface area contributed by atoms with Gasteiger partial charge in [-0.05, 0) is 83.4 Å². The third-order valence-corrected chi connectivity index (χ3v) is 6.16. The number of methoxy groups -OCH3 is 2. The van der Waals surface area contributed by atoms with Crippen LogP contribution in [0.2, 0.25) is 5.02 Å². The van der Waals surface area contributed by atoms with Gasteiger partial charge >= 0.3 is 0 Å². The van der Waals surface area contributed by atoms with Gasteiger partial charge in [0.2, 0.25) is 0 Å². The minimum absolute atomic E-state index is 0.254. The molecule has 0 bridgehead atoms. The van der Waals surface area contributed by atoms with Crippen molar-refractivity contribution >= 4 is 51.2 Å². The number of nitrogens with one attached hydrogen (secondary N) is 2. The quantitative estimate of drug-likeness (QED) is 0.218. The summed E-state index contributed by atoms with van der Waals surface area (Å²) < 4.78 is 22.4. The largest absolute Gasteiger partial charge is 0.493 e. The molecule has 0 aromatic heterocycles. The molecule has 9 nitrogen and oxygen atoms in total. The molecule has 0 heterocycles. The van der Waals surface area contributed by atoms with Crippen LogP contribution in [-0.2, 0) is 4.79 Å². The van der Waals surface area contributed by atoms with E-state index in [0.717, 1.165) is 5.56 Å². The Morgan fingerprint density at radius 1 is 1.00 bits per heavy atom. The third-order valence-electron chi connectivity index (χ3n) is 5.16. The van der Waals surface area contributed by atoms with E-state index in [0.29, 0.717) is 55.9 Å². The maximum atomic E-state index is 12.5. The predicted molar refractivity (Wildman–Crippen MR) is 150 cm³/mol. The summed E-state index contributed by atoms with van der Waals surface area (Å²) in [5.74, 6) is 0.924. The number of anilines is 1. The Hall–Kier alpha value is -3.76. The van der Waals surface area contributed by atoms with Crippen LogP contribution >= 0.6 is 27.5 Å². The highest BCUT2D eigenvalue weighted by Crippen LogP contribution is 2.36. The zero-order valence-electron chi connectivity index (χ0n) is 21.3. The number of hydrogen-bond acceptors (Lipinski definition) is 7. The Morgan fingerprint density at radius 2 is 1.76 bits per heavy atom. The van der Waals surface area contributed by atoms with Gasteiger partial charge in [0.1, 0.15) is 0 Å². The zero-order chi connectivity index (χ0) is 27.7. The SMILES string of the molecule is CCOc1cc(C(=O)N/N=C/c2cc(Br)c(OCC(=O)Nc3ccc(C)c(Cl)c3)c(OC)c2)ccc1OC. The molecular formula is C27H27BrClN3O6. The van der Waals surface area contributed by atoms with Crippen LogP contribution in [0.1, 0.15) is 28.4 Å². The van der Waals surface area contributed by atoms with E-state index in [9.17, 15) is 9.59 Å². The van der Waals surface area contributed by atoms with Gasteiger partial charge in [-0.3, -0.25) is 9.59 Å². The molecule has 0 atom stereocenters. The molecule has 0 aliphatic carbocycles. The van der Waals surface area contributed by atoms with Crippen molar-refractivity contribution in [1.29, 1.82) is 0 Å². The van der Waals surface area contributed by atoms with Crippen LogP contribution in [0.5, 0.6) is 23.0 Å². The zero-order valence-corrected chi connectivity index (χ0v) is 23.6. The lowest BCUT2D eigenvalue weighted by molar-refractivity contribution is -0.118. The molecule has 0 fully saturated rings. The first-order valence-electron chi connectivity index (χ1n) is 11.5. The average molecular weight is 605 g/mol. The highest BCUT2D eigenvalue weighted by Gasteiger charge is 2.14. The van der Waals surface area contributed by atoms with Gasteiger partial charge in [-0.25, -0.2) is 5.43 Å². The molecule has 11 heteroatoms. The lowest BCUT2D eigenvalue weighted by Crippen LogP contribution is -2.20. The minimum Gasteiger partial charge on any atom is -0.493 e. The standard InChI is InChI=1S/C27H27BrClN3O6/c1-5-37-23-12-18(7-9-22(23)35-3)27(34)32-30-14-17-10-20(28)26(24(11-17)36-4)38-15-25(33)31-19-8-6-16(2)21(29)13-19/h6-14H,5,15H2,1-4H3,(H,31,33)(H,32,34)/b30-14+. The van der Waals surface area contributed by atoms with Gasteiger partial charge in [-0.2, -0.15) is 5.10 Å². The Labute approximate surface area is 234 Å². The fourth-order valence-electron chi connectivity index (χ4n) is 3.28. The van der Waals surface area contributed by atoms with Crippen LogP contribution in [0.25, 0.3) is 0 Å². The van der Waals surface area contributed by atoms with Crippen molar-refractivity contribution in [3.63, 3.8) is 0 Å². The maximum absolute atomic E-state index is 12.5. The number of carbonyl (C=O) groups is 2. The highest BCUT2D eigenvalue weighted by atomic mass is 79.9. The van der Waals surface area contributed by atoms with Crippen molar-refractivity contribution in [2.75, 3.05) is 32.8 Å². The summed E-state index contributed by atoms with van der Waals surface area (Å²) in [5, 5.41) is 7.32. The topological polar surface area (TPSA) is 107 Å². The molecule has 0 aliphatic rings. The lowest BCUT2D eigenvalue weighted by atomic mass is 10.2. The lowest BCUT2D eigenvalue weighted by Gasteiger charge is -2.14. The van der Waals surface area contributed by atoms with Crippen molar-refractivity contribution in [3.05, 3.63) is 74.7 Å². The number of halogens is 2. The molecule has 0 aliphatic heterocycles. The number of carbonyl (C=O) groups excluding carboxylic acids is 2. The fourth-order valence-corrected chi connectivity index (χ4v) is 4.03. The molecular weight excluding hydrogens is 578 g/mol. The fraction of sp³-hybridized carbons (Fsp3) is 0.222. The molecule has 38 heavy (non-hydrogen) atoms. The smallest absolute Gasteiger partial charge is 0.271 e. The summed E-state index contributed by atoms with van der Waals surface area (Å²) in [6.45, 7) is 3.90. The first kappa shape index (κ1) is 28.8. The van der Waals surface area contributed by atoms with Crippen LogP contribution in [0.15, 0.2) is 58.1 Å². The van der Waals surface area contributed by atoms with Gasteiger partial charge in [-0.1, -0.05) is 17.7 Å². The molecule has 3 rings (SSSR count). The predicted octanol–water partition coefficient (Wildman–Crippen LogP) is 5.61. The van der Waals surface area contributed by atoms with Gasteiger partial charge in [0, 0.05) is 16.3 Å². The number of rotatable bonds is 11. The highest BCUT2D eigenvalue weighted by molar-refractivity contribution is 9.10. The van der Waals surface area contributed by atoms with Crippen LogP contribution in [0.3, 0.4) is 0 Å². The molecule has 3 aromatic rings. The van der Waals surface area contributed by atoms with Crippen LogP contribution in [0.4, 0.5) is 5.69 Å². The van der Waals surface area contributed by atoms with E-state index in [-0.39, 0.29) is 12.5 Å². The van der Waals surface area contributed by atoms with E-state index in [2.05, 4.69) is 31.8 Å². The Morgan fingerprint density at radius 3 is 2.45 bits per heavy atom. The average Bonchev–Trinajstić information content (AvgIpc) is 2.90. The molecule has 0 spiro atoms. The Bertz CT molecular complexity index is 1350. The number of ether oxygens (including phenoxy) is 4. The summed E-state index contributed by atoms with van der Waals surface area (Å²) in [4.78, 5) is 24.9. The number of aryl methyl sites for hydroxylation is 1. The monoisotopic (exact) mass is 603 g/mol. The first-order chi connectivity index (χ1) is 18.2. The molecule has 0 saturated carbocycles. The van der Waals surface area contributed by atoms with Gasteiger partial charge in [0.05, 0.1) is 31.5 Å². The second-order valence-corrected chi connectivity index (χ2v) is 9.09. The summed E-state index contributed by atoms with van der Waals surface area (Å²) in [6, 6.07) is 13.5. The van der Waals surface area contributed by atoms with Crippen molar-refractivity contribution in [2.24, 2.45) is 5.10 Å². The van der Waals surface area contributed by atoms with E-state index in [1.165, 1.54) is 20.4 Å². The summed E-state index contributed by atoms with van der Waals surface area (Å²) >= 11 is 9.55. The molecule has 0 radical (unpaired) electrons. The van der Waals surface area contributed by atoms with Crippen LogP contribution < -0.4 is 29.7 Å². The van der Waals surface area contributed by atoms with Gasteiger partial charge in [0.15, 0.2) is 29.6 Å². The molecule has 200 valence electrons. The molecule has 0 saturated heterocycles. The van der Waals surface area contributed by atoms with Crippen molar-refractivity contribution in [1.82, 2.24) is 5.43 Å². The summed E-state index contributed by atoms with van der Waals surface area (Å²) in [6.07, 6.45) is 1.45. The van der Waals surface area contributed by atoms with E-state index in [1.54, 1.807) is 42.5 Å². The van der Waals surface area contributed by atoms with Crippen molar-refractivity contribution in [3.8, 4) is 23.0 Å². The number of amides is 2. The second-order valence-electron chi connectivity index (χ2n) is 7.83. The Balaban J connectivity index is 1.64. The minimum atomic E-state index is -0.420. The van der Waals surface area contributed by atoms with Crippen molar-refractivity contribution in [2.45, 2.75) is 13.8 Å². The maximum Gasteiger partial charge on any atom is 0.271 e. The van der Waals surface area contributed by atoms with Crippen molar-refractivity contribution < 1.29 is 28.5 Å². The number of benzene rings is 3. The molecule has 0 unspecified atom stereocenters. The molecule has 2 N–H and O–H groups in total. The summed E-state index contributed by atoms with van der Waals surface area (Å²) in [7, 11) is 3.01. The summed E-state index contributed by atoms with van der Waals surface area (Å²) in [5.41, 5.74) is 4.94. The third kappa shape index (κ3) is 7.62. The molecule has 2 amide bonds. The first-order valence-corrected chi connectivity index (χ1v) is 12.6. The van der Waals surface area contributed by atoms with Gasteiger partial charge in [0.25, 0.3) is 11.8 Å². The van der Waals surface area contributed by atoms with Crippen LogP contribution in [0, 0.1) is 6.92 Å². The van der Waals surface area contributed by atoms with E-state index in [4.69, 9.17) is 30.5 Å². The van der Waals surface area contributed by atoms with Gasteiger partial charge in [-0.15, -0.1) is 0 Å².